The molecule has 3 atom stereocenters. The van der Waals surface area contributed by atoms with Crippen LogP contribution in [0.4, 0.5) is 10.1 Å². The zero-order valence-electron chi connectivity index (χ0n) is 20.2. The lowest BCUT2D eigenvalue weighted by molar-refractivity contribution is -0.117. The van der Waals surface area contributed by atoms with E-state index < -0.39 is 12.1 Å². The fraction of sp³-hybridized carbons (Fsp3) is 0.194. The zero-order valence-corrected chi connectivity index (χ0v) is 20.2. The van der Waals surface area contributed by atoms with Gasteiger partial charge in [-0.2, -0.15) is 0 Å². The van der Waals surface area contributed by atoms with Crippen LogP contribution < -0.4 is 4.90 Å². The maximum Gasteiger partial charge on any atom is 0.227 e. The van der Waals surface area contributed by atoms with Crippen molar-refractivity contribution in [2.24, 2.45) is 5.92 Å². The smallest absolute Gasteiger partial charge is 0.227 e. The Hall–Kier alpha value is -4.16. The Kier molecular flexibility index (Phi) is 6.93. The molecule has 0 saturated carbocycles. The molecule has 4 aromatic carbocycles. The van der Waals surface area contributed by atoms with Crippen LogP contribution in [0.5, 0.6) is 11.5 Å². The average Bonchev–Trinajstić information content (AvgIpc) is 3.23. The maximum absolute atomic E-state index is 13.3. The van der Waals surface area contributed by atoms with Gasteiger partial charge in [0.2, 0.25) is 5.91 Å². The van der Waals surface area contributed by atoms with Crippen molar-refractivity contribution < 1.29 is 24.5 Å². The van der Waals surface area contributed by atoms with Gasteiger partial charge in [-0.25, -0.2) is 4.39 Å². The third-order valence-electron chi connectivity index (χ3n) is 7.06. The molecule has 5 nitrogen and oxygen atoms in total. The number of anilines is 1. The number of rotatable bonds is 7. The molecule has 6 heteroatoms. The van der Waals surface area contributed by atoms with Crippen LogP contribution in [-0.2, 0) is 4.79 Å². The van der Waals surface area contributed by atoms with Gasteiger partial charge in [-0.05, 0) is 77.9 Å². The molecule has 0 aliphatic carbocycles. The first-order valence-corrected chi connectivity index (χ1v) is 12.3. The normalized spacial score (nSPS) is 18.2. The van der Waals surface area contributed by atoms with E-state index in [-0.39, 0.29) is 35.6 Å². The van der Waals surface area contributed by atoms with E-state index in [2.05, 4.69) is 0 Å². The first-order valence-electron chi connectivity index (χ1n) is 12.3. The quantitative estimate of drug-likeness (QED) is 0.272. The number of amides is 1. The number of aliphatic hydroxyl groups excluding tert-OH is 1. The van der Waals surface area contributed by atoms with Gasteiger partial charge in [-0.1, -0.05) is 54.6 Å². The van der Waals surface area contributed by atoms with Gasteiger partial charge in [0.1, 0.15) is 17.3 Å². The summed E-state index contributed by atoms with van der Waals surface area (Å²) in [5.74, 6) is -0.363. The van der Waals surface area contributed by atoms with Gasteiger partial charge in [0.05, 0.1) is 12.1 Å². The molecular formula is C31H28FNO4. The van der Waals surface area contributed by atoms with E-state index in [0.29, 0.717) is 24.0 Å². The van der Waals surface area contributed by atoms with E-state index in [1.807, 2.05) is 48.5 Å². The molecule has 1 aliphatic rings. The molecule has 37 heavy (non-hydrogen) atoms. The van der Waals surface area contributed by atoms with Crippen molar-refractivity contribution in [1.29, 1.82) is 0 Å². The second-order valence-corrected chi connectivity index (χ2v) is 9.48. The minimum absolute atomic E-state index is 0.0473. The predicted molar refractivity (Wildman–Crippen MR) is 141 cm³/mol. The third kappa shape index (κ3) is 5.20. The number of aliphatic hydroxyl groups is 1. The van der Waals surface area contributed by atoms with Gasteiger partial charge in [0.25, 0.3) is 0 Å². The van der Waals surface area contributed by atoms with E-state index in [1.54, 1.807) is 41.3 Å². The molecule has 1 fully saturated rings. The first kappa shape index (κ1) is 24.5. The van der Waals surface area contributed by atoms with Crippen LogP contribution in [0.15, 0.2) is 97.1 Å². The molecule has 0 radical (unpaired) electrons. The Morgan fingerprint density at radius 3 is 2.30 bits per heavy atom. The number of hydrogen-bond donors (Lipinski definition) is 3. The van der Waals surface area contributed by atoms with Crippen LogP contribution in [0, 0.1) is 11.7 Å². The molecule has 1 aliphatic heterocycles. The van der Waals surface area contributed by atoms with Crippen molar-refractivity contribution in [2.75, 3.05) is 4.90 Å². The predicted octanol–water partition coefficient (Wildman–Crippen LogP) is 6.51. The van der Waals surface area contributed by atoms with Gasteiger partial charge >= 0.3 is 0 Å². The number of phenolic OH excluding ortho intramolecular Hbond substituents is 2. The number of hydrogen-bond acceptors (Lipinski definition) is 4. The molecule has 0 aromatic heterocycles. The maximum atomic E-state index is 13.3. The minimum atomic E-state index is -0.788. The van der Waals surface area contributed by atoms with Crippen LogP contribution in [-0.4, -0.2) is 21.2 Å². The van der Waals surface area contributed by atoms with Crippen molar-refractivity contribution in [2.45, 2.75) is 31.4 Å². The summed E-state index contributed by atoms with van der Waals surface area (Å²) in [7, 11) is 0. The van der Waals surface area contributed by atoms with E-state index in [9.17, 15) is 24.5 Å². The number of para-hydroxylation sites is 1. The number of benzene rings is 4. The van der Waals surface area contributed by atoms with Crippen LogP contribution in [0.2, 0.25) is 0 Å². The lowest BCUT2D eigenvalue weighted by atomic mass is 9.86. The van der Waals surface area contributed by atoms with Gasteiger partial charge < -0.3 is 20.2 Å². The number of phenols is 2. The molecule has 188 valence electrons. The highest BCUT2D eigenvalue weighted by Crippen LogP contribution is 2.47. The van der Waals surface area contributed by atoms with Crippen LogP contribution >= 0.6 is 0 Å². The van der Waals surface area contributed by atoms with Crippen LogP contribution in [0.25, 0.3) is 11.1 Å². The lowest BCUT2D eigenvalue weighted by Gasteiger charge is -2.30. The molecule has 0 spiro atoms. The molecule has 3 N–H and O–H groups in total. The first-order chi connectivity index (χ1) is 17.9. The number of aromatic hydroxyl groups is 2. The van der Waals surface area contributed by atoms with E-state index >= 15 is 0 Å². The number of carbonyl (C=O) groups excluding carboxylic acids is 1. The lowest BCUT2D eigenvalue weighted by Crippen LogP contribution is -2.29. The van der Waals surface area contributed by atoms with E-state index in [4.69, 9.17) is 0 Å². The summed E-state index contributed by atoms with van der Waals surface area (Å²) in [6.45, 7) is 0. The highest BCUT2D eigenvalue weighted by atomic mass is 19.1. The summed E-state index contributed by atoms with van der Waals surface area (Å²) >= 11 is 0. The highest BCUT2D eigenvalue weighted by molar-refractivity contribution is 5.97. The average molecular weight is 498 g/mol. The largest absolute Gasteiger partial charge is 0.508 e. The van der Waals surface area contributed by atoms with Crippen LogP contribution in [0.1, 0.15) is 42.5 Å². The van der Waals surface area contributed by atoms with Crippen molar-refractivity contribution in [3.05, 3.63) is 114 Å². The fourth-order valence-electron chi connectivity index (χ4n) is 5.23. The van der Waals surface area contributed by atoms with Gasteiger partial charge in [0, 0.05) is 17.7 Å². The second-order valence-electron chi connectivity index (χ2n) is 9.48. The third-order valence-corrected chi connectivity index (χ3v) is 7.06. The Bertz CT molecular complexity index is 1390. The monoisotopic (exact) mass is 497 g/mol. The Balaban J connectivity index is 1.46. The Morgan fingerprint density at radius 1 is 0.865 bits per heavy atom. The molecule has 1 heterocycles. The van der Waals surface area contributed by atoms with E-state index in [0.717, 1.165) is 16.8 Å². The number of carbonyl (C=O) groups is 1. The Labute approximate surface area is 215 Å². The molecule has 1 saturated heterocycles. The minimum Gasteiger partial charge on any atom is -0.508 e. The SMILES string of the molecule is O=C1C[C@@H](CC[C@H](O)c2ccc(F)cc2)[C@@H](c2ccc(-c3cccc(O)c3)cc2O)N1c1ccccc1. The van der Waals surface area contributed by atoms with Crippen molar-refractivity contribution in [3.8, 4) is 22.6 Å². The molecule has 0 bridgehead atoms. The zero-order chi connectivity index (χ0) is 25.9. The summed E-state index contributed by atoms with van der Waals surface area (Å²) in [6.07, 6.45) is 0.421. The summed E-state index contributed by atoms with van der Waals surface area (Å²) in [6, 6.07) is 26.9. The summed E-state index contributed by atoms with van der Waals surface area (Å²) in [5, 5.41) is 31.7. The fourth-order valence-corrected chi connectivity index (χ4v) is 5.23. The molecule has 1 amide bonds. The summed E-state index contributed by atoms with van der Waals surface area (Å²) in [4.78, 5) is 15.0. The van der Waals surface area contributed by atoms with Crippen molar-refractivity contribution in [3.63, 3.8) is 0 Å². The Morgan fingerprint density at radius 2 is 1.59 bits per heavy atom. The van der Waals surface area contributed by atoms with Crippen molar-refractivity contribution >= 4 is 11.6 Å². The van der Waals surface area contributed by atoms with Crippen molar-refractivity contribution in [1.82, 2.24) is 0 Å². The van der Waals surface area contributed by atoms with Gasteiger partial charge in [0.15, 0.2) is 0 Å². The summed E-state index contributed by atoms with van der Waals surface area (Å²) < 4.78 is 13.3. The topological polar surface area (TPSA) is 81.0 Å². The van der Waals surface area contributed by atoms with E-state index in [1.165, 1.54) is 12.1 Å². The van der Waals surface area contributed by atoms with Gasteiger partial charge in [-0.3, -0.25) is 4.79 Å². The molecule has 0 unspecified atom stereocenters. The second kappa shape index (κ2) is 10.4. The standard InChI is InChI=1S/C31H28FNO4/c32-24-13-9-20(10-14-24)28(35)16-12-23-19-30(37)33(25-6-2-1-3-7-25)31(23)27-15-11-22(18-29(27)36)21-5-4-8-26(34)17-21/h1-11,13-15,17-18,23,28,31,34-36H,12,16,19H2/t23-,28+,31+/m1/s1. The summed E-state index contributed by atoms with van der Waals surface area (Å²) in [5.41, 5.74) is 3.51. The van der Waals surface area contributed by atoms with Gasteiger partial charge in [-0.15, -0.1) is 0 Å². The number of nitrogens with zero attached hydrogens (tertiary/aromatic N) is 1. The van der Waals surface area contributed by atoms with Crippen LogP contribution in [0.3, 0.4) is 0 Å². The molecule has 4 aromatic rings. The highest BCUT2D eigenvalue weighted by Gasteiger charge is 2.42. The number of halogens is 1. The molecular weight excluding hydrogens is 469 g/mol. The molecule has 5 rings (SSSR count).